The van der Waals surface area contributed by atoms with Crippen LogP contribution in [-0.4, -0.2) is 79.0 Å². The van der Waals surface area contributed by atoms with Crippen LogP contribution in [0.2, 0.25) is 0 Å². The Labute approximate surface area is 228 Å². The van der Waals surface area contributed by atoms with Crippen molar-refractivity contribution in [1.82, 2.24) is 14.9 Å². The molecule has 1 saturated heterocycles. The molecule has 3 rings (SSSR count). The molecular weight excluding hydrogens is 472 g/mol. The quantitative estimate of drug-likeness (QED) is 0.170. The van der Waals surface area contributed by atoms with Crippen LogP contribution < -0.4 is 74.1 Å². The Morgan fingerprint density at radius 3 is 2.39 bits per heavy atom. The van der Waals surface area contributed by atoms with Gasteiger partial charge < -0.3 is 28.3 Å². The third-order valence-electron chi connectivity index (χ3n) is 4.02. The molecule has 1 N–H and O–H groups in total. The molecule has 2 aromatic rings. The van der Waals surface area contributed by atoms with Gasteiger partial charge in [0.05, 0.1) is 44.2 Å². The van der Waals surface area contributed by atoms with Gasteiger partial charge in [-0.3, -0.25) is 18.1 Å². The summed E-state index contributed by atoms with van der Waals surface area (Å²) < 4.78 is 52.8. The fourth-order valence-electron chi connectivity index (χ4n) is 2.64. The summed E-state index contributed by atoms with van der Waals surface area (Å²) in [6.45, 7) is 5.09. The average molecular weight is 493 g/mol. The summed E-state index contributed by atoms with van der Waals surface area (Å²) in [7, 11) is -4.32. The summed E-state index contributed by atoms with van der Waals surface area (Å²) in [5.74, 6) is 1.16. The number of methoxy groups -OCH3 is 1. The van der Waals surface area contributed by atoms with Crippen LogP contribution in [0.25, 0.3) is 10.9 Å². The third-order valence-corrected chi connectivity index (χ3v) is 4.91. The number of benzene rings is 1. The molecule has 0 radical (unpaired) electrons. The van der Waals surface area contributed by atoms with E-state index in [1.54, 1.807) is 19.2 Å². The summed E-state index contributed by atoms with van der Waals surface area (Å²) in [5, 5.41) is 0.497. The van der Waals surface area contributed by atoms with Gasteiger partial charge in [-0.1, -0.05) is 0 Å². The zero-order valence-electron chi connectivity index (χ0n) is 17.7. The molecule has 1 aliphatic rings. The monoisotopic (exact) mass is 493 g/mol. The molecule has 1 fully saturated rings. The number of ether oxygens (including phenoxy) is 3. The van der Waals surface area contributed by atoms with Gasteiger partial charge in [0.15, 0.2) is 11.5 Å². The standard InChI is InChI=1S/C16H21N3O4.2Na.H2O4S2/c1-21-14-10-13-12(16(20)18-11-17-13)9-15(14)23-6-2-3-19-4-7-22-8-5-19;;;1-5(2)6(3)4/h9-11H,2-8H2,1H3,(H,17,18,20);;;(H,1,2)(H,3,4)/q;2*+1;/p-2. The van der Waals surface area contributed by atoms with Crippen LogP contribution in [0.3, 0.4) is 0 Å². The van der Waals surface area contributed by atoms with Crippen LogP contribution in [0.15, 0.2) is 23.3 Å². The Balaban J connectivity index is 0.000000997. The molecule has 15 heteroatoms. The second kappa shape index (κ2) is 16.7. The SMILES string of the molecule is COc1cc2nc[nH]c(=O)c2cc1OCCCN1CCOCC1.O=S([O-])S(=O)[O-].[Na+].[Na+]. The Bertz CT molecular complexity index is 900. The molecule has 1 aliphatic heterocycles. The smallest absolute Gasteiger partial charge is 0.763 e. The average Bonchev–Trinajstić information content (AvgIpc) is 2.72. The number of aromatic nitrogens is 2. The fraction of sp³-hybridized carbons (Fsp3) is 0.500. The second-order valence-electron chi connectivity index (χ2n) is 5.82. The van der Waals surface area contributed by atoms with Crippen molar-refractivity contribution in [2.75, 3.05) is 46.6 Å². The maximum atomic E-state index is 11.9. The van der Waals surface area contributed by atoms with Crippen molar-refractivity contribution in [2.24, 2.45) is 0 Å². The normalized spacial score (nSPS) is 15.5. The Kier molecular flexibility index (Phi) is 16.7. The van der Waals surface area contributed by atoms with Crippen molar-refractivity contribution < 1.29 is 90.8 Å². The molecule has 0 aliphatic carbocycles. The van der Waals surface area contributed by atoms with E-state index in [1.807, 2.05) is 0 Å². The van der Waals surface area contributed by atoms with Crippen LogP contribution >= 0.6 is 0 Å². The molecule has 0 amide bonds. The first-order valence-corrected chi connectivity index (χ1v) is 11.3. The van der Waals surface area contributed by atoms with Gasteiger partial charge in [-0.25, -0.2) is 4.98 Å². The van der Waals surface area contributed by atoms with Crippen LogP contribution in [-0.2, 0) is 25.0 Å². The molecule has 0 spiro atoms. The van der Waals surface area contributed by atoms with E-state index < -0.39 is 20.2 Å². The number of morpholine rings is 1. The van der Waals surface area contributed by atoms with E-state index in [9.17, 15) is 4.79 Å². The van der Waals surface area contributed by atoms with Gasteiger partial charge in [-0.2, -0.15) is 0 Å². The molecule has 162 valence electrons. The minimum Gasteiger partial charge on any atom is -0.763 e. The largest absolute Gasteiger partial charge is 1.00 e. The van der Waals surface area contributed by atoms with Gasteiger partial charge >= 0.3 is 59.1 Å². The van der Waals surface area contributed by atoms with E-state index >= 15 is 0 Å². The van der Waals surface area contributed by atoms with Crippen LogP contribution in [0.5, 0.6) is 11.5 Å². The first-order valence-electron chi connectivity index (χ1n) is 8.59. The summed E-state index contributed by atoms with van der Waals surface area (Å²) in [5.41, 5.74) is 0.405. The maximum absolute atomic E-state index is 11.9. The Hall–Kier alpha value is 0.1000. The number of H-pyrrole nitrogens is 1. The minimum atomic E-state index is -2.95. The Morgan fingerprint density at radius 1 is 1.16 bits per heavy atom. The van der Waals surface area contributed by atoms with Gasteiger partial charge in [-0.05, 0) is 12.5 Å². The van der Waals surface area contributed by atoms with Crippen molar-refractivity contribution >= 4 is 31.1 Å². The molecule has 2 unspecified atom stereocenters. The van der Waals surface area contributed by atoms with Gasteiger partial charge in [0.25, 0.3) is 5.56 Å². The zero-order chi connectivity index (χ0) is 21.2. The molecule has 31 heavy (non-hydrogen) atoms. The number of nitrogens with zero attached hydrogens (tertiary/aromatic N) is 2. The fourth-order valence-corrected chi connectivity index (χ4v) is 2.64. The first kappa shape index (κ1) is 31.1. The topological polar surface area (TPSA) is 157 Å². The molecule has 0 saturated carbocycles. The number of nitrogens with one attached hydrogen (secondary N) is 1. The number of hydrogen-bond donors (Lipinski definition) is 1. The van der Waals surface area contributed by atoms with Gasteiger partial charge in [0.2, 0.25) is 0 Å². The number of aromatic amines is 1. The van der Waals surface area contributed by atoms with Crippen LogP contribution in [0.4, 0.5) is 0 Å². The number of fused-ring (bicyclic) bond motifs is 1. The maximum Gasteiger partial charge on any atom is 1.00 e. The van der Waals surface area contributed by atoms with Crippen molar-refractivity contribution in [3.05, 3.63) is 28.8 Å². The summed E-state index contributed by atoms with van der Waals surface area (Å²) in [4.78, 5) is 20.9. The van der Waals surface area contributed by atoms with Gasteiger partial charge in [-0.15, -0.1) is 0 Å². The molecule has 2 heterocycles. The van der Waals surface area contributed by atoms with E-state index in [2.05, 4.69) is 14.9 Å². The summed E-state index contributed by atoms with van der Waals surface area (Å²) >= 11 is 0. The van der Waals surface area contributed by atoms with E-state index in [0.29, 0.717) is 29.0 Å². The minimum absolute atomic E-state index is 0. The van der Waals surface area contributed by atoms with Gasteiger partial charge in [0, 0.05) is 45.9 Å². The van der Waals surface area contributed by atoms with Crippen molar-refractivity contribution in [1.29, 1.82) is 0 Å². The Morgan fingerprint density at radius 2 is 1.81 bits per heavy atom. The first-order chi connectivity index (χ1) is 13.9. The van der Waals surface area contributed by atoms with Crippen molar-refractivity contribution in [3.63, 3.8) is 0 Å². The molecular formula is C16H21N3Na2O8S2. The predicted molar refractivity (Wildman–Crippen MR) is 104 cm³/mol. The third kappa shape index (κ3) is 10.7. The molecule has 1 aromatic carbocycles. The van der Waals surface area contributed by atoms with Crippen molar-refractivity contribution in [3.8, 4) is 11.5 Å². The van der Waals surface area contributed by atoms with Crippen LogP contribution in [0.1, 0.15) is 6.42 Å². The number of hydrogen-bond acceptors (Lipinski definition) is 10. The van der Waals surface area contributed by atoms with Crippen molar-refractivity contribution in [2.45, 2.75) is 6.42 Å². The summed E-state index contributed by atoms with van der Waals surface area (Å²) in [6, 6.07) is 3.41. The second-order valence-corrected chi connectivity index (χ2v) is 8.27. The molecule has 1 aromatic heterocycles. The number of rotatable bonds is 7. The van der Waals surface area contributed by atoms with Gasteiger partial charge in [0.1, 0.15) is 0 Å². The van der Waals surface area contributed by atoms with Crippen LogP contribution in [0, 0.1) is 0 Å². The van der Waals surface area contributed by atoms with E-state index in [0.717, 1.165) is 39.3 Å². The van der Waals surface area contributed by atoms with E-state index in [4.69, 9.17) is 31.7 Å². The molecule has 2 atom stereocenters. The predicted octanol–water partition coefficient (Wildman–Crippen LogP) is -6.30. The van der Waals surface area contributed by atoms with E-state index in [-0.39, 0.29) is 64.7 Å². The molecule has 0 bridgehead atoms. The zero-order valence-corrected chi connectivity index (χ0v) is 23.3. The molecule has 11 nitrogen and oxygen atoms in total. The summed E-state index contributed by atoms with van der Waals surface area (Å²) in [6.07, 6.45) is 2.29. The van der Waals surface area contributed by atoms with E-state index in [1.165, 1.54) is 6.33 Å².